The molecule has 0 amide bonds. The van der Waals surface area contributed by atoms with Crippen molar-refractivity contribution in [3.63, 3.8) is 0 Å². The van der Waals surface area contributed by atoms with E-state index in [1.807, 2.05) is 0 Å². The Morgan fingerprint density at radius 3 is 2.79 bits per heavy atom. The second-order valence-corrected chi connectivity index (χ2v) is 5.06. The van der Waals surface area contributed by atoms with Crippen LogP contribution in [0.15, 0.2) is 0 Å². The molecule has 82 valence electrons. The molecule has 2 rings (SSSR count). The normalized spacial score (nSPS) is 28.5. The Morgan fingerprint density at radius 1 is 1.21 bits per heavy atom. The summed E-state index contributed by atoms with van der Waals surface area (Å²) in [6.45, 7) is 8.78. The summed E-state index contributed by atoms with van der Waals surface area (Å²) in [7, 11) is 0. The zero-order chi connectivity index (χ0) is 9.80. The molecule has 1 heterocycles. The SMILES string of the molecule is CCCNCC1CCN(CC2CC2)C1. The molecule has 2 fully saturated rings. The highest BCUT2D eigenvalue weighted by Crippen LogP contribution is 2.31. The summed E-state index contributed by atoms with van der Waals surface area (Å²) in [6.07, 6.45) is 5.67. The molecular formula is C12H24N2. The van der Waals surface area contributed by atoms with Crippen molar-refractivity contribution < 1.29 is 0 Å². The van der Waals surface area contributed by atoms with Gasteiger partial charge in [-0.15, -0.1) is 0 Å². The fourth-order valence-electron chi connectivity index (χ4n) is 2.39. The molecule has 14 heavy (non-hydrogen) atoms. The van der Waals surface area contributed by atoms with Gasteiger partial charge in [0.15, 0.2) is 0 Å². The molecule has 1 saturated heterocycles. The Balaban J connectivity index is 1.56. The van der Waals surface area contributed by atoms with E-state index in [2.05, 4.69) is 17.1 Å². The number of hydrogen-bond donors (Lipinski definition) is 1. The summed E-state index contributed by atoms with van der Waals surface area (Å²) in [5.74, 6) is 2.00. The summed E-state index contributed by atoms with van der Waals surface area (Å²) in [5.41, 5.74) is 0. The maximum Gasteiger partial charge on any atom is 0.00224 e. The first-order valence-corrected chi connectivity index (χ1v) is 6.31. The van der Waals surface area contributed by atoms with Crippen molar-refractivity contribution in [3.05, 3.63) is 0 Å². The van der Waals surface area contributed by atoms with E-state index in [0.717, 1.165) is 11.8 Å². The third kappa shape index (κ3) is 3.25. The van der Waals surface area contributed by atoms with Crippen molar-refractivity contribution in [2.45, 2.75) is 32.6 Å². The van der Waals surface area contributed by atoms with Crippen LogP contribution in [0.5, 0.6) is 0 Å². The van der Waals surface area contributed by atoms with Crippen LogP contribution in [0.25, 0.3) is 0 Å². The van der Waals surface area contributed by atoms with Crippen LogP contribution in [-0.2, 0) is 0 Å². The highest BCUT2D eigenvalue weighted by atomic mass is 15.2. The van der Waals surface area contributed by atoms with Gasteiger partial charge in [-0.1, -0.05) is 6.92 Å². The molecule has 1 aliphatic carbocycles. The van der Waals surface area contributed by atoms with Gasteiger partial charge in [0.2, 0.25) is 0 Å². The summed E-state index contributed by atoms with van der Waals surface area (Å²) in [6, 6.07) is 0. The molecule has 0 aromatic carbocycles. The highest BCUT2D eigenvalue weighted by molar-refractivity contribution is 4.83. The lowest BCUT2D eigenvalue weighted by molar-refractivity contribution is 0.309. The maximum atomic E-state index is 3.54. The van der Waals surface area contributed by atoms with E-state index in [1.165, 1.54) is 58.4 Å². The largest absolute Gasteiger partial charge is 0.316 e. The Morgan fingerprint density at radius 2 is 2.07 bits per heavy atom. The topological polar surface area (TPSA) is 15.3 Å². The predicted octanol–water partition coefficient (Wildman–Crippen LogP) is 1.72. The zero-order valence-electron chi connectivity index (χ0n) is 9.47. The third-order valence-electron chi connectivity index (χ3n) is 3.44. The lowest BCUT2D eigenvalue weighted by atomic mass is 10.1. The third-order valence-corrected chi connectivity index (χ3v) is 3.44. The van der Waals surface area contributed by atoms with Gasteiger partial charge in [-0.3, -0.25) is 0 Å². The van der Waals surface area contributed by atoms with E-state index in [9.17, 15) is 0 Å². The number of nitrogens with one attached hydrogen (secondary N) is 1. The monoisotopic (exact) mass is 196 g/mol. The molecule has 0 bridgehead atoms. The van der Waals surface area contributed by atoms with E-state index in [1.54, 1.807) is 0 Å². The highest BCUT2D eigenvalue weighted by Gasteiger charge is 2.28. The van der Waals surface area contributed by atoms with Gasteiger partial charge in [0.25, 0.3) is 0 Å². The molecule has 1 saturated carbocycles. The lowest BCUT2D eigenvalue weighted by Gasteiger charge is -2.15. The van der Waals surface area contributed by atoms with E-state index in [4.69, 9.17) is 0 Å². The average Bonchev–Trinajstić information content (AvgIpc) is 2.87. The van der Waals surface area contributed by atoms with Crippen molar-refractivity contribution in [2.24, 2.45) is 11.8 Å². The van der Waals surface area contributed by atoms with Crippen LogP contribution in [0.4, 0.5) is 0 Å². The zero-order valence-corrected chi connectivity index (χ0v) is 9.47. The minimum atomic E-state index is 0.931. The van der Waals surface area contributed by atoms with Gasteiger partial charge in [-0.2, -0.15) is 0 Å². The fraction of sp³-hybridized carbons (Fsp3) is 1.00. The van der Waals surface area contributed by atoms with Crippen molar-refractivity contribution in [3.8, 4) is 0 Å². The fourth-order valence-corrected chi connectivity index (χ4v) is 2.39. The van der Waals surface area contributed by atoms with Gasteiger partial charge in [-0.05, 0) is 57.2 Å². The van der Waals surface area contributed by atoms with Gasteiger partial charge in [0.05, 0.1) is 0 Å². The van der Waals surface area contributed by atoms with Crippen LogP contribution < -0.4 is 5.32 Å². The first-order valence-electron chi connectivity index (χ1n) is 6.31. The molecule has 2 aliphatic rings. The Hall–Kier alpha value is -0.0800. The standard InChI is InChI=1S/C12H24N2/c1-2-6-13-8-12-5-7-14(10-12)9-11-3-4-11/h11-13H,2-10H2,1H3. The number of likely N-dealkylation sites (tertiary alicyclic amines) is 1. The second kappa shape index (κ2) is 5.13. The molecule has 1 aliphatic heterocycles. The van der Waals surface area contributed by atoms with Gasteiger partial charge in [0.1, 0.15) is 0 Å². The van der Waals surface area contributed by atoms with Crippen LogP contribution in [-0.4, -0.2) is 37.6 Å². The van der Waals surface area contributed by atoms with Crippen molar-refractivity contribution in [1.29, 1.82) is 0 Å². The molecule has 2 heteroatoms. The Labute approximate surface area is 88.1 Å². The molecule has 0 aromatic heterocycles. The summed E-state index contributed by atoms with van der Waals surface area (Å²) in [5, 5.41) is 3.54. The molecular weight excluding hydrogens is 172 g/mol. The van der Waals surface area contributed by atoms with Crippen LogP contribution >= 0.6 is 0 Å². The molecule has 0 aromatic rings. The minimum Gasteiger partial charge on any atom is -0.316 e. The number of hydrogen-bond acceptors (Lipinski definition) is 2. The lowest BCUT2D eigenvalue weighted by Crippen LogP contribution is -2.28. The number of nitrogens with zero attached hydrogens (tertiary/aromatic N) is 1. The smallest absolute Gasteiger partial charge is 0.00224 e. The molecule has 0 spiro atoms. The summed E-state index contributed by atoms with van der Waals surface area (Å²) in [4.78, 5) is 2.68. The van der Waals surface area contributed by atoms with E-state index < -0.39 is 0 Å². The minimum absolute atomic E-state index is 0.931. The molecule has 2 nitrogen and oxygen atoms in total. The van der Waals surface area contributed by atoms with Gasteiger partial charge in [0, 0.05) is 13.1 Å². The van der Waals surface area contributed by atoms with E-state index in [-0.39, 0.29) is 0 Å². The average molecular weight is 196 g/mol. The van der Waals surface area contributed by atoms with Crippen LogP contribution in [0.2, 0.25) is 0 Å². The summed E-state index contributed by atoms with van der Waals surface area (Å²) >= 11 is 0. The van der Waals surface area contributed by atoms with Crippen LogP contribution in [0.3, 0.4) is 0 Å². The summed E-state index contributed by atoms with van der Waals surface area (Å²) < 4.78 is 0. The van der Waals surface area contributed by atoms with Crippen molar-refractivity contribution >= 4 is 0 Å². The van der Waals surface area contributed by atoms with Gasteiger partial charge < -0.3 is 10.2 Å². The Bertz CT molecular complexity index is 166. The maximum absolute atomic E-state index is 3.54. The first kappa shape index (κ1) is 10.4. The Kier molecular flexibility index (Phi) is 3.82. The van der Waals surface area contributed by atoms with E-state index in [0.29, 0.717) is 0 Å². The van der Waals surface area contributed by atoms with Crippen molar-refractivity contribution in [1.82, 2.24) is 10.2 Å². The second-order valence-electron chi connectivity index (χ2n) is 5.06. The predicted molar refractivity (Wildman–Crippen MR) is 60.4 cm³/mol. The molecule has 1 N–H and O–H groups in total. The van der Waals surface area contributed by atoms with Gasteiger partial charge in [-0.25, -0.2) is 0 Å². The quantitative estimate of drug-likeness (QED) is 0.651. The molecule has 1 atom stereocenters. The first-order chi connectivity index (χ1) is 6.88. The van der Waals surface area contributed by atoms with Gasteiger partial charge >= 0.3 is 0 Å². The van der Waals surface area contributed by atoms with Crippen molar-refractivity contribution in [2.75, 3.05) is 32.7 Å². The van der Waals surface area contributed by atoms with Crippen LogP contribution in [0.1, 0.15) is 32.6 Å². The molecule has 1 unspecified atom stereocenters. The van der Waals surface area contributed by atoms with E-state index >= 15 is 0 Å². The molecule has 0 radical (unpaired) electrons. The van der Waals surface area contributed by atoms with Crippen LogP contribution in [0, 0.1) is 11.8 Å². The number of rotatable bonds is 6.